The zero-order valence-corrected chi connectivity index (χ0v) is 13.0. The van der Waals surface area contributed by atoms with E-state index in [2.05, 4.69) is 0 Å². The fourth-order valence-corrected chi connectivity index (χ4v) is 3.56. The van der Waals surface area contributed by atoms with Gasteiger partial charge in [0.2, 0.25) is 0 Å². The minimum Gasteiger partial charge on any atom is -0.302 e. The molecule has 0 N–H and O–H groups in total. The number of benzene rings is 2. The summed E-state index contributed by atoms with van der Waals surface area (Å²) in [5.74, 6) is 0. The first-order valence-corrected chi connectivity index (χ1v) is 7.68. The summed E-state index contributed by atoms with van der Waals surface area (Å²) >= 11 is 13.7. The molecule has 1 atom stereocenters. The SMILES string of the molecule is Cn1c(=O)sc2cc(C(Cl)c3cccc(Cl)c3)ccc21. The summed E-state index contributed by atoms with van der Waals surface area (Å²) in [6.45, 7) is 0. The van der Waals surface area contributed by atoms with Crippen molar-refractivity contribution in [3.8, 4) is 0 Å². The van der Waals surface area contributed by atoms with Gasteiger partial charge in [-0.05, 0) is 35.4 Å². The monoisotopic (exact) mass is 323 g/mol. The predicted molar refractivity (Wildman–Crippen MR) is 86.2 cm³/mol. The molecule has 2 aromatic carbocycles. The van der Waals surface area contributed by atoms with E-state index in [0.29, 0.717) is 5.02 Å². The predicted octanol–water partition coefficient (Wildman–Crippen LogP) is 4.58. The van der Waals surface area contributed by atoms with Crippen molar-refractivity contribution in [1.82, 2.24) is 4.57 Å². The average molecular weight is 324 g/mol. The molecule has 20 heavy (non-hydrogen) atoms. The number of alkyl halides is 1. The van der Waals surface area contributed by atoms with E-state index in [1.54, 1.807) is 11.6 Å². The first kappa shape index (κ1) is 13.7. The van der Waals surface area contributed by atoms with Crippen molar-refractivity contribution in [3.63, 3.8) is 0 Å². The smallest absolute Gasteiger partial charge is 0.302 e. The van der Waals surface area contributed by atoms with Crippen LogP contribution in [0.15, 0.2) is 47.3 Å². The van der Waals surface area contributed by atoms with Crippen LogP contribution in [0, 0.1) is 0 Å². The molecule has 5 heteroatoms. The Balaban J connectivity index is 2.08. The highest BCUT2D eigenvalue weighted by atomic mass is 35.5. The molecule has 102 valence electrons. The van der Waals surface area contributed by atoms with Crippen LogP contribution in [0.5, 0.6) is 0 Å². The lowest BCUT2D eigenvalue weighted by Gasteiger charge is -2.11. The van der Waals surface area contributed by atoms with Gasteiger partial charge in [-0.25, -0.2) is 0 Å². The summed E-state index contributed by atoms with van der Waals surface area (Å²) in [5.41, 5.74) is 2.84. The van der Waals surface area contributed by atoms with Gasteiger partial charge in [-0.15, -0.1) is 11.6 Å². The molecule has 2 nitrogen and oxygen atoms in total. The van der Waals surface area contributed by atoms with Crippen LogP contribution < -0.4 is 4.87 Å². The molecule has 0 aliphatic carbocycles. The maximum Gasteiger partial charge on any atom is 0.307 e. The van der Waals surface area contributed by atoms with Crippen LogP contribution in [-0.4, -0.2) is 4.57 Å². The Labute approximate surface area is 130 Å². The van der Waals surface area contributed by atoms with Crippen LogP contribution in [-0.2, 0) is 7.05 Å². The second kappa shape index (κ2) is 5.24. The van der Waals surface area contributed by atoms with Gasteiger partial charge in [-0.3, -0.25) is 4.79 Å². The van der Waals surface area contributed by atoms with Gasteiger partial charge in [0, 0.05) is 12.1 Å². The number of halogens is 2. The molecule has 0 bridgehead atoms. The number of aryl methyl sites for hydroxylation is 1. The Hall–Kier alpha value is -1.29. The number of fused-ring (bicyclic) bond motifs is 1. The van der Waals surface area contributed by atoms with Gasteiger partial charge in [0.15, 0.2) is 0 Å². The van der Waals surface area contributed by atoms with Crippen molar-refractivity contribution in [2.24, 2.45) is 7.05 Å². The molecule has 1 aromatic heterocycles. The summed E-state index contributed by atoms with van der Waals surface area (Å²) in [6.07, 6.45) is 0. The molecule has 1 heterocycles. The zero-order valence-electron chi connectivity index (χ0n) is 10.6. The largest absolute Gasteiger partial charge is 0.307 e. The third-order valence-electron chi connectivity index (χ3n) is 3.25. The summed E-state index contributed by atoms with van der Waals surface area (Å²) in [4.78, 5) is 11.7. The number of hydrogen-bond donors (Lipinski definition) is 0. The summed E-state index contributed by atoms with van der Waals surface area (Å²) < 4.78 is 2.59. The molecule has 0 radical (unpaired) electrons. The van der Waals surface area contributed by atoms with Crippen molar-refractivity contribution in [1.29, 1.82) is 0 Å². The highest BCUT2D eigenvalue weighted by Gasteiger charge is 2.13. The lowest BCUT2D eigenvalue weighted by Crippen LogP contribution is -2.06. The fourth-order valence-electron chi connectivity index (χ4n) is 2.16. The first-order chi connectivity index (χ1) is 9.56. The molecular weight excluding hydrogens is 313 g/mol. The van der Waals surface area contributed by atoms with Crippen molar-refractivity contribution < 1.29 is 0 Å². The van der Waals surface area contributed by atoms with E-state index >= 15 is 0 Å². The lowest BCUT2D eigenvalue weighted by molar-refractivity contribution is 0.938. The van der Waals surface area contributed by atoms with Gasteiger partial charge in [-0.2, -0.15) is 0 Å². The van der Waals surface area contributed by atoms with E-state index in [1.807, 2.05) is 42.5 Å². The Morgan fingerprint density at radius 1 is 1.15 bits per heavy atom. The lowest BCUT2D eigenvalue weighted by atomic mass is 10.0. The molecule has 3 rings (SSSR count). The van der Waals surface area contributed by atoms with Crippen LogP contribution in [0.4, 0.5) is 0 Å². The standard InChI is InChI=1S/C15H11Cl2NOS/c1-18-12-6-5-10(8-13(12)20-15(18)19)14(17)9-3-2-4-11(16)7-9/h2-8,14H,1H3. The topological polar surface area (TPSA) is 22.0 Å². The van der Waals surface area contributed by atoms with Crippen LogP contribution in [0.3, 0.4) is 0 Å². The van der Waals surface area contributed by atoms with Gasteiger partial charge in [0.05, 0.1) is 15.6 Å². The maximum atomic E-state index is 11.7. The van der Waals surface area contributed by atoms with Crippen LogP contribution in [0.2, 0.25) is 5.02 Å². The Kier molecular flexibility index (Phi) is 3.59. The number of thiazole rings is 1. The molecule has 0 saturated carbocycles. The van der Waals surface area contributed by atoms with Gasteiger partial charge < -0.3 is 4.57 Å². The molecule has 0 fully saturated rings. The number of rotatable bonds is 2. The van der Waals surface area contributed by atoms with Gasteiger partial charge >= 0.3 is 4.87 Å². The minimum atomic E-state index is -0.277. The molecule has 0 amide bonds. The van der Waals surface area contributed by atoms with E-state index < -0.39 is 0 Å². The summed E-state index contributed by atoms with van der Waals surface area (Å²) in [5, 5.41) is 0.388. The number of aromatic nitrogens is 1. The van der Waals surface area contributed by atoms with Gasteiger partial charge in [0.1, 0.15) is 0 Å². The van der Waals surface area contributed by atoms with Crippen LogP contribution in [0.1, 0.15) is 16.5 Å². The fraction of sp³-hybridized carbons (Fsp3) is 0.133. The minimum absolute atomic E-state index is 0.0334. The van der Waals surface area contributed by atoms with E-state index in [-0.39, 0.29) is 10.3 Å². The highest BCUT2D eigenvalue weighted by molar-refractivity contribution is 7.16. The summed E-state index contributed by atoms with van der Waals surface area (Å²) in [7, 11) is 1.77. The molecule has 0 spiro atoms. The van der Waals surface area contributed by atoms with Crippen molar-refractivity contribution >= 4 is 44.8 Å². The van der Waals surface area contributed by atoms with Crippen LogP contribution in [0.25, 0.3) is 10.2 Å². The molecule has 0 aliphatic rings. The molecule has 0 aliphatic heterocycles. The third-order valence-corrected chi connectivity index (χ3v) is 4.98. The zero-order chi connectivity index (χ0) is 14.3. The molecule has 3 aromatic rings. The van der Waals surface area contributed by atoms with Crippen molar-refractivity contribution in [3.05, 3.63) is 68.3 Å². The first-order valence-electron chi connectivity index (χ1n) is 6.05. The second-order valence-corrected chi connectivity index (χ2v) is 6.44. The average Bonchev–Trinajstić information content (AvgIpc) is 2.73. The molecular formula is C15H11Cl2NOS. The van der Waals surface area contributed by atoms with E-state index in [1.165, 1.54) is 11.3 Å². The molecule has 1 unspecified atom stereocenters. The Morgan fingerprint density at radius 2 is 1.90 bits per heavy atom. The van der Waals surface area contributed by atoms with E-state index in [0.717, 1.165) is 21.3 Å². The second-order valence-electron chi connectivity index (χ2n) is 4.57. The normalized spacial score (nSPS) is 12.8. The van der Waals surface area contributed by atoms with Crippen LogP contribution >= 0.6 is 34.5 Å². The number of nitrogens with zero attached hydrogens (tertiary/aromatic N) is 1. The van der Waals surface area contributed by atoms with Crippen molar-refractivity contribution in [2.75, 3.05) is 0 Å². The quantitative estimate of drug-likeness (QED) is 0.632. The summed E-state index contributed by atoms with van der Waals surface area (Å²) in [6, 6.07) is 13.4. The highest BCUT2D eigenvalue weighted by Crippen LogP contribution is 2.32. The third kappa shape index (κ3) is 2.37. The van der Waals surface area contributed by atoms with Gasteiger partial charge in [0.25, 0.3) is 0 Å². The van der Waals surface area contributed by atoms with E-state index in [4.69, 9.17) is 23.2 Å². The molecule has 0 saturated heterocycles. The maximum absolute atomic E-state index is 11.7. The van der Waals surface area contributed by atoms with Crippen molar-refractivity contribution in [2.45, 2.75) is 5.38 Å². The van der Waals surface area contributed by atoms with Gasteiger partial charge in [-0.1, -0.05) is 41.1 Å². The number of hydrogen-bond acceptors (Lipinski definition) is 2. The van der Waals surface area contributed by atoms with E-state index in [9.17, 15) is 4.79 Å². The Morgan fingerprint density at radius 3 is 2.65 bits per heavy atom. The Bertz CT molecular complexity index is 837.